The van der Waals surface area contributed by atoms with Crippen LogP contribution in [0.1, 0.15) is 60.3 Å². The zero-order valence-electron chi connectivity index (χ0n) is 11.1. The minimum Gasteiger partial charge on any atom is -0.376 e. The molecule has 0 spiro atoms. The highest BCUT2D eigenvalue weighted by Crippen LogP contribution is 2.14. The summed E-state index contributed by atoms with van der Waals surface area (Å²) >= 11 is 0. The molecule has 2 heteroatoms. The molecule has 0 fully saturated rings. The van der Waals surface area contributed by atoms with Crippen molar-refractivity contribution in [1.29, 1.82) is 0 Å². The van der Waals surface area contributed by atoms with Crippen molar-refractivity contribution < 1.29 is 9.47 Å². The second kappa shape index (κ2) is 8.12. The first kappa shape index (κ1) is 14.9. The number of ether oxygens (including phenoxy) is 2. The van der Waals surface area contributed by atoms with Crippen molar-refractivity contribution in [2.45, 2.75) is 72.0 Å². The zero-order chi connectivity index (χ0) is 11.7. The summed E-state index contributed by atoms with van der Waals surface area (Å²) < 4.78 is 11.4. The average Bonchev–Trinajstić information content (AvgIpc) is 2.22. The van der Waals surface area contributed by atoms with Crippen LogP contribution in [0.2, 0.25) is 0 Å². The van der Waals surface area contributed by atoms with Crippen molar-refractivity contribution in [3.8, 4) is 0 Å². The fraction of sp³-hybridized carbons (Fsp3) is 1.00. The van der Waals surface area contributed by atoms with Crippen LogP contribution in [0.25, 0.3) is 0 Å². The maximum Gasteiger partial charge on any atom is 0.0780 e. The predicted molar refractivity (Wildman–Crippen MR) is 65.3 cm³/mol. The van der Waals surface area contributed by atoms with E-state index in [2.05, 4.69) is 34.6 Å². The highest BCUT2D eigenvalue weighted by atomic mass is 16.5. The lowest BCUT2D eigenvalue weighted by Crippen LogP contribution is -2.28. The first-order chi connectivity index (χ1) is 7.02. The van der Waals surface area contributed by atoms with Gasteiger partial charge in [0.1, 0.15) is 0 Å². The van der Waals surface area contributed by atoms with Crippen LogP contribution in [-0.2, 0) is 9.47 Å². The van der Waals surface area contributed by atoms with Crippen molar-refractivity contribution >= 4 is 0 Å². The van der Waals surface area contributed by atoms with Crippen molar-refractivity contribution in [3.05, 3.63) is 0 Å². The van der Waals surface area contributed by atoms with Gasteiger partial charge >= 0.3 is 0 Å². The molecule has 0 aliphatic heterocycles. The van der Waals surface area contributed by atoms with Gasteiger partial charge in [0.05, 0.1) is 18.3 Å². The van der Waals surface area contributed by atoms with Gasteiger partial charge in [0.25, 0.3) is 0 Å². The Morgan fingerprint density at radius 1 is 1.13 bits per heavy atom. The molecule has 0 radical (unpaired) electrons. The molecule has 0 amide bonds. The van der Waals surface area contributed by atoms with Crippen molar-refractivity contribution in [2.24, 2.45) is 0 Å². The highest BCUT2D eigenvalue weighted by molar-refractivity contribution is 4.66. The third kappa shape index (κ3) is 8.88. The van der Waals surface area contributed by atoms with Gasteiger partial charge in [-0.2, -0.15) is 0 Å². The molecule has 0 saturated heterocycles. The van der Waals surface area contributed by atoms with Gasteiger partial charge in [-0.15, -0.1) is 0 Å². The lowest BCUT2D eigenvalue weighted by molar-refractivity contribution is -0.0765. The van der Waals surface area contributed by atoms with Gasteiger partial charge in [0, 0.05) is 6.61 Å². The molecule has 1 atom stereocenters. The smallest absolute Gasteiger partial charge is 0.0780 e. The maximum absolute atomic E-state index is 5.77. The van der Waals surface area contributed by atoms with E-state index < -0.39 is 0 Å². The molecule has 0 aliphatic rings. The van der Waals surface area contributed by atoms with Crippen LogP contribution < -0.4 is 0 Å². The average molecular weight is 216 g/mol. The van der Waals surface area contributed by atoms with E-state index in [1.807, 2.05) is 0 Å². The van der Waals surface area contributed by atoms with Gasteiger partial charge in [-0.3, -0.25) is 0 Å². The monoisotopic (exact) mass is 216 g/mol. The van der Waals surface area contributed by atoms with Crippen LogP contribution in [0.5, 0.6) is 0 Å². The molecule has 0 aromatic heterocycles. The van der Waals surface area contributed by atoms with Gasteiger partial charge in [-0.1, -0.05) is 26.7 Å². The van der Waals surface area contributed by atoms with Crippen LogP contribution >= 0.6 is 0 Å². The van der Waals surface area contributed by atoms with E-state index in [1.54, 1.807) is 0 Å². The summed E-state index contributed by atoms with van der Waals surface area (Å²) in [5.41, 5.74) is -0.0129. The van der Waals surface area contributed by atoms with Crippen molar-refractivity contribution in [1.82, 2.24) is 0 Å². The van der Waals surface area contributed by atoms with Gasteiger partial charge in [0.15, 0.2) is 0 Å². The Labute approximate surface area is 95.3 Å². The largest absolute Gasteiger partial charge is 0.376 e. The van der Waals surface area contributed by atoms with Gasteiger partial charge in [-0.25, -0.2) is 0 Å². The number of hydrogen-bond acceptors (Lipinski definition) is 2. The van der Waals surface area contributed by atoms with Gasteiger partial charge < -0.3 is 9.47 Å². The van der Waals surface area contributed by atoms with E-state index in [0.29, 0.717) is 6.61 Å². The molecule has 0 N–H and O–H groups in total. The minimum absolute atomic E-state index is 0.0129. The Morgan fingerprint density at radius 2 is 1.80 bits per heavy atom. The lowest BCUT2D eigenvalue weighted by atomic mass is 10.1. The summed E-state index contributed by atoms with van der Waals surface area (Å²) in [4.78, 5) is 0. The number of rotatable bonds is 9. The molecule has 2 nitrogen and oxygen atoms in total. The second-order valence-corrected chi connectivity index (χ2v) is 4.81. The predicted octanol–water partition coefficient (Wildman–Crippen LogP) is 3.79. The van der Waals surface area contributed by atoms with E-state index in [1.165, 1.54) is 12.8 Å². The molecular weight excluding hydrogens is 188 g/mol. The summed E-state index contributed by atoms with van der Waals surface area (Å²) in [6, 6.07) is 0. The molecule has 0 bridgehead atoms. The Balaban J connectivity index is 3.44. The summed E-state index contributed by atoms with van der Waals surface area (Å²) in [7, 11) is 0. The van der Waals surface area contributed by atoms with Crippen LogP contribution in [0, 0.1) is 0 Å². The number of unbranched alkanes of at least 4 members (excludes halogenated alkanes) is 2. The molecule has 0 rings (SSSR count). The van der Waals surface area contributed by atoms with Gasteiger partial charge in [-0.05, 0) is 33.6 Å². The van der Waals surface area contributed by atoms with Crippen LogP contribution in [-0.4, -0.2) is 24.9 Å². The second-order valence-electron chi connectivity index (χ2n) is 4.81. The van der Waals surface area contributed by atoms with E-state index in [0.717, 1.165) is 19.4 Å². The topological polar surface area (TPSA) is 18.5 Å². The molecule has 1 unspecified atom stereocenters. The molecule has 15 heavy (non-hydrogen) atoms. The van der Waals surface area contributed by atoms with E-state index in [9.17, 15) is 0 Å². The van der Waals surface area contributed by atoms with Crippen LogP contribution in [0.15, 0.2) is 0 Å². The van der Waals surface area contributed by atoms with Crippen molar-refractivity contribution in [2.75, 3.05) is 13.2 Å². The minimum atomic E-state index is -0.0129. The first-order valence-corrected chi connectivity index (χ1v) is 6.27. The van der Waals surface area contributed by atoms with Crippen LogP contribution in [0.4, 0.5) is 0 Å². The number of hydrogen-bond donors (Lipinski definition) is 0. The van der Waals surface area contributed by atoms with Crippen LogP contribution in [0.3, 0.4) is 0 Å². The van der Waals surface area contributed by atoms with Gasteiger partial charge in [0.2, 0.25) is 0 Å². The third-order valence-corrected chi connectivity index (χ3v) is 2.71. The van der Waals surface area contributed by atoms with E-state index in [4.69, 9.17) is 9.47 Å². The first-order valence-electron chi connectivity index (χ1n) is 6.27. The molecule has 92 valence electrons. The zero-order valence-corrected chi connectivity index (χ0v) is 11.1. The Hall–Kier alpha value is -0.0800. The van der Waals surface area contributed by atoms with Crippen molar-refractivity contribution in [3.63, 3.8) is 0 Å². The third-order valence-electron chi connectivity index (χ3n) is 2.71. The Kier molecular flexibility index (Phi) is 8.07. The molecule has 0 aromatic rings. The summed E-state index contributed by atoms with van der Waals surface area (Å²) in [5.74, 6) is 0. The summed E-state index contributed by atoms with van der Waals surface area (Å²) in [6.07, 6.45) is 4.92. The normalized spacial score (nSPS) is 14.2. The molecule has 0 heterocycles. The maximum atomic E-state index is 5.77. The fourth-order valence-electron chi connectivity index (χ4n) is 1.13. The summed E-state index contributed by atoms with van der Waals surface area (Å²) in [5, 5.41) is 0. The lowest BCUT2D eigenvalue weighted by Gasteiger charge is -2.25. The molecule has 0 aromatic carbocycles. The van der Waals surface area contributed by atoms with E-state index >= 15 is 0 Å². The molecule has 0 aliphatic carbocycles. The Bertz CT molecular complexity index is 143. The Morgan fingerprint density at radius 3 is 2.33 bits per heavy atom. The fourth-order valence-corrected chi connectivity index (χ4v) is 1.13. The highest BCUT2D eigenvalue weighted by Gasteiger charge is 2.16. The SMILES string of the molecule is CCCCCOC(C)COC(C)(C)CC. The molecule has 0 saturated carbocycles. The standard InChI is InChI=1S/C13H28O2/c1-6-8-9-10-14-12(3)11-15-13(4,5)7-2/h12H,6-11H2,1-5H3. The summed E-state index contributed by atoms with van der Waals surface area (Å²) in [6.45, 7) is 12.2. The van der Waals surface area contributed by atoms with E-state index in [-0.39, 0.29) is 11.7 Å². The molecular formula is C13H28O2. The quantitative estimate of drug-likeness (QED) is 0.546.